The Kier molecular flexibility index (Phi) is 4.96. The number of carbonyl (C=O) groups is 2. The van der Waals surface area contributed by atoms with Crippen LogP contribution in [0.4, 0.5) is 10.7 Å². The molecule has 0 atom stereocenters. The van der Waals surface area contributed by atoms with Gasteiger partial charge >= 0.3 is 5.97 Å². The molecule has 0 saturated heterocycles. The number of nitrogens with two attached hydrogens (primary N) is 2. The number of primary amides is 1. The Morgan fingerprint density at radius 2 is 2.06 bits per heavy atom. The van der Waals surface area contributed by atoms with Gasteiger partial charge in [-0.1, -0.05) is 6.92 Å². The summed E-state index contributed by atoms with van der Waals surface area (Å²) in [4.78, 5) is 23.2. The lowest BCUT2D eigenvalue weighted by Crippen LogP contribution is -2.15. The second-order valence-electron chi connectivity index (χ2n) is 3.56. The Morgan fingerprint density at radius 1 is 1.39 bits per heavy atom. The second kappa shape index (κ2) is 6.25. The Hall–Kier alpha value is -1.76. The molecule has 0 aliphatic heterocycles. The van der Waals surface area contributed by atoms with Gasteiger partial charge < -0.3 is 21.5 Å². The Labute approximate surface area is 109 Å². The largest absolute Gasteiger partial charge is 0.462 e. The zero-order valence-electron chi connectivity index (χ0n) is 10.4. The van der Waals surface area contributed by atoms with E-state index in [1.165, 1.54) is 0 Å². The van der Waals surface area contributed by atoms with Gasteiger partial charge in [-0.15, -0.1) is 11.3 Å². The summed E-state index contributed by atoms with van der Waals surface area (Å²) in [6.45, 7) is 4.61. The van der Waals surface area contributed by atoms with E-state index in [2.05, 4.69) is 5.32 Å². The number of nitrogens with one attached hydrogen (secondary N) is 1. The lowest BCUT2D eigenvalue weighted by atomic mass is 10.2. The van der Waals surface area contributed by atoms with E-state index in [1.54, 1.807) is 6.92 Å². The topological polar surface area (TPSA) is 107 Å². The molecule has 5 N–H and O–H groups in total. The SMILES string of the molecule is CCCNc1sc(C(=O)OCC)c(N)c1C(N)=O. The predicted octanol–water partition coefficient (Wildman–Crippen LogP) is 1.43. The van der Waals surface area contributed by atoms with Crippen molar-refractivity contribution in [1.29, 1.82) is 0 Å². The Bertz CT molecular complexity index is 457. The van der Waals surface area contributed by atoms with Gasteiger partial charge in [0.2, 0.25) is 0 Å². The van der Waals surface area contributed by atoms with E-state index in [9.17, 15) is 9.59 Å². The molecule has 6 nitrogen and oxygen atoms in total. The molecule has 0 saturated carbocycles. The van der Waals surface area contributed by atoms with Crippen LogP contribution in [0.25, 0.3) is 0 Å². The molecular formula is C11H17N3O3S. The van der Waals surface area contributed by atoms with Crippen LogP contribution in [0.1, 0.15) is 40.3 Å². The van der Waals surface area contributed by atoms with Crippen LogP contribution in [0.15, 0.2) is 0 Å². The molecule has 1 aromatic heterocycles. The summed E-state index contributed by atoms with van der Waals surface area (Å²) in [5.41, 5.74) is 11.3. The minimum Gasteiger partial charge on any atom is -0.462 e. The van der Waals surface area contributed by atoms with Gasteiger partial charge in [-0.25, -0.2) is 4.79 Å². The third-order valence-electron chi connectivity index (χ3n) is 2.19. The smallest absolute Gasteiger partial charge is 0.350 e. The highest BCUT2D eigenvalue weighted by molar-refractivity contribution is 7.19. The fraction of sp³-hybridized carbons (Fsp3) is 0.455. The first-order valence-electron chi connectivity index (χ1n) is 5.65. The molecule has 100 valence electrons. The van der Waals surface area contributed by atoms with Crippen LogP contribution >= 0.6 is 11.3 Å². The first kappa shape index (κ1) is 14.3. The lowest BCUT2D eigenvalue weighted by molar-refractivity contribution is 0.0533. The number of amides is 1. The third-order valence-corrected chi connectivity index (χ3v) is 3.33. The molecule has 18 heavy (non-hydrogen) atoms. The molecule has 0 fully saturated rings. The number of anilines is 2. The van der Waals surface area contributed by atoms with E-state index >= 15 is 0 Å². The standard InChI is InChI=1S/C11H17N3O3S/c1-3-5-14-10-6(9(13)15)7(12)8(18-10)11(16)17-4-2/h14H,3-5,12H2,1-2H3,(H2,13,15). The summed E-state index contributed by atoms with van der Waals surface area (Å²) in [5, 5.41) is 3.55. The summed E-state index contributed by atoms with van der Waals surface area (Å²) in [6.07, 6.45) is 0.880. The van der Waals surface area contributed by atoms with Crippen LogP contribution in [0, 0.1) is 0 Å². The third kappa shape index (κ3) is 2.92. The van der Waals surface area contributed by atoms with Gasteiger partial charge in [0.1, 0.15) is 9.88 Å². The molecule has 0 aliphatic carbocycles. The van der Waals surface area contributed by atoms with E-state index in [0.717, 1.165) is 17.8 Å². The number of thiophene rings is 1. The quantitative estimate of drug-likeness (QED) is 0.678. The van der Waals surface area contributed by atoms with Crippen molar-refractivity contribution in [1.82, 2.24) is 0 Å². The first-order chi connectivity index (χ1) is 8.52. The van der Waals surface area contributed by atoms with Crippen LogP contribution in [-0.4, -0.2) is 25.0 Å². The van der Waals surface area contributed by atoms with Crippen molar-refractivity contribution in [3.05, 3.63) is 10.4 Å². The van der Waals surface area contributed by atoms with Crippen LogP contribution in [0.5, 0.6) is 0 Å². The van der Waals surface area contributed by atoms with Crippen molar-refractivity contribution in [3.8, 4) is 0 Å². The van der Waals surface area contributed by atoms with E-state index in [1.807, 2.05) is 6.92 Å². The molecule has 1 rings (SSSR count). The average molecular weight is 271 g/mol. The number of nitrogen functional groups attached to an aromatic ring is 1. The number of ether oxygens (including phenoxy) is 1. The summed E-state index contributed by atoms with van der Waals surface area (Å²) >= 11 is 1.09. The van der Waals surface area contributed by atoms with Gasteiger partial charge in [0.15, 0.2) is 0 Å². The van der Waals surface area contributed by atoms with Crippen LogP contribution in [-0.2, 0) is 4.74 Å². The molecular weight excluding hydrogens is 254 g/mol. The minimum atomic E-state index is -0.655. The van der Waals surface area contributed by atoms with Crippen molar-refractivity contribution in [3.63, 3.8) is 0 Å². The fourth-order valence-corrected chi connectivity index (χ4v) is 2.45. The first-order valence-corrected chi connectivity index (χ1v) is 6.47. The number of rotatable bonds is 6. The van der Waals surface area contributed by atoms with E-state index < -0.39 is 11.9 Å². The predicted molar refractivity (Wildman–Crippen MR) is 72.0 cm³/mol. The van der Waals surface area contributed by atoms with Crippen molar-refractivity contribution in [2.45, 2.75) is 20.3 Å². The van der Waals surface area contributed by atoms with Gasteiger partial charge in [-0.05, 0) is 13.3 Å². The summed E-state index contributed by atoms with van der Waals surface area (Å²) in [6, 6.07) is 0. The summed E-state index contributed by atoms with van der Waals surface area (Å²) in [5.74, 6) is -1.19. The number of hydrogen-bond donors (Lipinski definition) is 3. The monoisotopic (exact) mass is 271 g/mol. The normalized spacial score (nSPS) is 10.1. The van der Waals surface area contributed by atoms with Crippen LogP contribution < -0.4 is 16.8 Å². The van der Waals surface area contributed by atoms with Crippen LogP contribution in [0.2, 0.25) is 0 Å². The molecule has 0 unspecified atom stereocenters. The fourth-order valence-electron chi connectivity index (χ4n) is 1.40. The highest BCUT2D eigenvalue weighted by atomic mass is 32.1. The molecule has 1 aromatic rings. The van der Waals surface area contributed by atoms with Crippen molar-refractivity contribution < 1.29 is 14.3 Å². The molecule has 0 aromatic carbocycles. The van der Waals surface area contributed by atoms with Gasteiger partial charge in [-0.3, -0.25) is 4.79 Å². The highest BCUT2D eigenvalue weighted by Crippen LogP contribution is 2.35. The number of carbonyl (C=O) groups excluding carboxylic acids is 2. The van der Waals surface area contributed by atoms with Crippen molar-refractivity contribution in [2.75, 3.05) is 24.2 Å². The second-order valence-corrected chi connectivity index (χ2v) is 4.58. The molecule has 0 spiro atoms. The molecule has 7 heteroatoms. The maximum Gasteiger partial charge on any atom is 0.350 e. The van der Waals surface area contributed by atoms with Gasteiger partial charge in [0.25, 0.3) is 5.91 Å². The molecule has 1 heterocycles. The number of hydrogen-bond acceptors (Lipinski definition) is 6. The summed E-state index contributed by atoms with van der Waals surface area (Å²) in [7, 11) is 0. The van der Waals surface area contributed by atoms with Gasteiger partial charge in [0.05, 0.1) is 17.9 Å². The van der Waals surface area contributed by atoms with Gasteiger partial charge in [0, 0.05) is 6.54 Å². The average Bonchev–Trinajstić information content (AvgIpc) is 2.64. The number of esters is 1. The van der Waals surface area contributed by atoms with Gasteiger partial charge in [-0.2, -0.15) is 0 Å². The summed E-state index contributed by atoms with van der Waals surface area (Å²) < 4.78 is 4.87. The highest BCUT2D eigenvalue weighted by Gasteiger charge is 2.24. The Balaban J connectivity index is 3.14. The zero-order chi connectivity index (χ0) is 13.7. The van der Waals surface area contributed by atoms with Crippen molar-refractivity contribution in [2.24, 2.45) is 5.73 Å². The van der Waals surface area contributed by atoms with E-state index in [-0.39, 0.29) is 22.7 Å². The minimum absolute atomic E-state index is 0.0875. The molecule has 0 aliphatic rings. The Morgan fingerprint density at radius 3 is 2.56 bits per heavy atom. The van der Waals surface area contributed by atoms with E-state index in [4.69, 9.17) is 16.2 Å². The molecule has 0 radical (unpaired) electrons. The molecule has 0 bridgehead atoms. The van der Waals surface area contributed by atoms with Crippen molar-refractivity contribution >= 4 is 33.9 Å². The van der Waals surface area contributed by atoms with Crippen LogP contribution in [0.3, 0.4) is 0 Å². The maximum atomic E-state index is 11.7. The maximum absolute atomic E-state index is 11.7. The zero-order valence-corrected chi connectivity index (χ0v) is 11.2. The lowest BCUT2D eigenvalue weighted by Gasteiger charge is -2.03. The van der Waals surface area contributed by atoms with E-state index in [0.29, 0.717) is 11.5 Å². The molecule has 1 amide bonds.